The van der Waals surface area contributed by atoms with Gasteiger partial charge in [-0.3, -0.25) is 9.69 Å². The Morgan fingerprint density at radius 3 is 3.05 bits per heavy atom. The number of carboxylic acid groups (broad SMARTS) is 1. The van der Waals surface area contributed by atoms with Crippen LogP contribution in [0.3, 0.4) is 0 Å². The molecule has 0 saturated carbocycles. The number of nitrogens with zero attached hydrogens (tertiary/aromatic N) is 1. The van der Waals surface area contributed by atoms with E-state index >= 15 is 0 Å². The SMILES string of the molecule is O=C(O)CCC1CCN(Cc2cc(Br)ccc2Cl)C1. The molecule has 0 radical (unpaired) electrons. The first-order chi connectivity index (χ1) is 9.04. The number of hydrogen-bond acceptors (Lipinski definition) is 2. The number of aliphatic carboxylic acids is 1. The van der Waals surface area contributed by atoms with Crippen molar-refractivity contribution in [3.05, 3.63) is 33.3 Å². The van der Waals surface area contributed by atoms with Gasteiger partial charge in [-0.1, -0.05) is 27.5 Å². The molecule has 2 rings (SSSR count). The first-order valence-corrected chi connectivity index (χ1v) is 7.60. The van der Waals surface area contributed by atoms with Crippen molar-refractivity contribution in [3.63, 3.8) is 0 Å². The van der Waals surface area contributed by atoms with Gasteiger partial charge in [0.15, 0.2) is 0 Å². The normalized spacial score (nSPS) is 19.8. The van der Waals surface area contributed by atoms with Gasteiger partial charge in [0, 0.05) is 29.0 Å². The van der Waals surface area contributed by atoms with E-state index in [1.807, 2.05) is 18.2 Å². The number of benzene rings is 1. The van der Waals surface area contributed by atoms with E-state index < -0.39 is 5.97 Å². The second-order valence-electron chi connectivity index (χ2n) is 5.06. The lowest BCUT2D eigenvalue weighted by Gasteiger charge is -2.17. The molecule has 1 aliphatic rings. The van der Waals surface area contributed by atoms with Crippen molar-refractivity contribution in [2.24, 2.45) is 5.92 Å². The van der Waals surface area contributed by atoms with Crippen molar-refractivity contribution in [1.82, 2.24) is 4.90 Å². The first-order valence-electron chi connectivity index (χ1n) is 6.42. The zero-order valence-corrected chi connectivity index (χ0v) is 13.0. The molecule has 5 heteroatoms. The van der Waals surface area contributed by atoms with Crippen molar-refractivity contribution in [2.75, 3.05) is 13.1 Å². The molecule has 1 atom stereocenters. The van der Waals surface area contributed by atoms with Gasteiger partial charge in [-0.15, -0.1) is 0 Å². The van der Waals surface area contributed by atoms with Gasteiger partial charge in [-0.25, -0.2) is 0 Å². The van der Waals surface area contributed by atoms with Crippen LogP contribution in [0.25, 0.3) is 0 Å². The average Bonchev–Trinajstić information content (AvgIpc) is 2.79. The standard InChI is InChI=1S/C14H17BrClNO2/c15-12-2-3-13(16)11(7-12)9-17-6-5-10(8-17)1-4-14(18)19/h2-3,7,10H,1,4-6,8-9H2,(H,18,19). The fourth-order valence-corrected chi connectivity index (χ4v) is 3.11. The van der Waals surface area contributed by atoms with Gasteiger partial charge in [0.05, 0.1) is 0 Å². The van der Waals surface area contributed by atoms with Gasteiger partial charge >= 0.3 is 5.97 Å². The van der Waals surface area contributed by atoms with E-state index in [4.69, 9.17) is 16.7 Å². The summed E-state index contributed by atoms with van der Waals surface area (Å²) in [6, 6.07) is 5.89. The maximum Gasteiger partial charge on any atom is 0.303 e. The lowest BCUT2D eigenvalue weighted by molar-refractivity contribution is -0.137. The van der Waals surface area contributed by atoms with Crippen molar-refractivity contribution in [1.29, 1.82) is 0 Å². The Kier molecular flexibility index (Phi) is 5.25. The molecule has 19 heavy (non-hydrogen) atoms. The molecule has 1 saturated heterocycles. The Hall–Kier alpha value is -0.580. The van der Waals surface area contributed by atoms with Crippen LogP contribution in [-0.2, 0) is 11.3 Å². The van der Waals surface area contributed by atoms with E-state index in [0.717, 1.165) is 47.5 Å². The maximum absolute atomic E-state index is 10.6. The largest absolute Gasteiger partial charge is 0.481 e. The third-order valence-corrected chi connectivity index (χ3v) is 4.40. The monoisotopic (exact) mass is 345 g/mol. The number of likely N-dealkylation sites (tertiary alicyclic amines) is 1. The van der Waals surface area contributed by atoms with Gasteiger partial charge in [0.25, 0.3) is 0 Å². The molecule has 104 valence electrons. The molecule has 1 aromatic rings. The minimum absolute atomic E-state index is 0.274. The zero-order chi connectivity index (χ0) is 13.8. The van der Waals surface area contributed by atoms with Crippen molar-refractivity contribution < 1.29 is 9.90 Å². The van der Waals surface area contributed by atoms with Crippen LogP contribution in [0.4, 0.5) is 0 Å². The molecule has 1 unspecified atom stereocenters. The van der Waals surface area contributed by atoms with Crippen LogP contribution < -0.4 is 0 Å². The molecule has 1 aromatic carbocycles. The summed E-state index contributed by atoms with van der Waals surface area (Å²) in [4.78, 5) is 12.9. The first kappa shape index (κ1) is 14.8. The molecule has 0 aromatic heterocycles. The van der Waals surface area contributed by atoms with Crippen molar-refractivity contribution >= 4 is 33.5 Å². The summed E-state index contributed by atoms with van der Waals surface area (Å²) in [6.07, 6.45) is 2.13. The molecule has 1 fully saturated rings. The Labute approximate surface area is 126 Å². The molecule has 0 amide bonds. The minimum atomic E-state index is -0.700. The van der Waals surface area contributed by atoms with Crippen LogP contribution >= 0.6 is 27.5 Å². The molecular formula is C14H17BrClNO2. The number of halogens is 2. The average molecular weight is 347 g/mol. The summed E-state index contributed by atoms with van der Waals surface area (Å²) < 4.78 is 1.04. The van der Waals surface area contributed by atoms with Crippen LogP contribution in [0.2, 0.25) is 5.02 Å². The third kappa shape index (κ3) is 4.48. The van der Waals surface area contributed by atoms with E-state index in [2.05, 4.69) is 20.8 Å². The summed E-state index contributed by atoms with van der Waals surface area (Å²) in [7, 11) is 0. The minimum Gasteiger partial charge on any atom is -0.481 e. The topological polar surface area (TPSA) is 40.5 Å². The molecule has 1 aliphatic heterocycles. The number of carboxylic acids is 1. The Morgan fingerprint density at radius 2 is 2.32 bits per heavy atom. The van der Waals surface area contributed by atoms with E-state index in [0.29, 0.717) is 5.92 Å². The molecule has 1 heterocycles. The zero-order valence-electron chi connectivity index (χ0n) is 10.6. The predicted molar refractivity (Wildman–Crippen MR) is 79.4 cm³/mol. The molecule has 1 N–H and O–H groups in total. The quantitative estimate of drug-likeness (QED) is 0.882. The smallest absolute Gasteiger partial charge is 0.303 e. The molecule has 3 nitrogen and oxygen atoms in total. The highest BCUT2D eigenvalue weighted by Crippen LogP contribution is 2.26. The summed E-state index contributed by atoms with van der Waals surface area (Å²) in [6.45, 7) is 2.82. The van der Waals surface area contributed by atoms with E-state index in [1.54, 1.807) is 0 Å². The van der Waals surface area contributed by atoms with Crippen LogP contribution in [0.5, 0.6) is 0 Å². The maximum atomic E-state index is 10.6. The Morgan fingerprint density at radius 1 is 1.53 bits per heavy atom. The Balaban J connectivity index is 1.87. The second kappa shape index (κ2) is 6.73. The Bertz CT molecular complexity index is 467. The molecule has 0 bridgehead atoms. The van der Waals surface area contributed by atoms with E-state index in [9.17, 15) is 4.79 Å². The molecular weight excluding hydrogens is 330 g/mol. The highest BCUT2D eigenvalue weighted by molar-refractivity contribution is 9.10. The number of hydrogen-bond donors (Lipinski definition) is 1. The van der Waals surface area contributed by atoms with Crippen LogP contribution in [0.1, 0.15) is 24.8 Å². The summed E-state index contributed by atoms with van der Waals surface area (Å²) in [5.41, 5.74) is 1.12. The van der Waals surface area contributed by atoms with Crippen LogP contribution in [0, 0.1) is 5.92 Å². The molecule has 0 aliphatic carbocycles. The van der Waals surface area contributed by atoms with Crippen molar-refractivity contribution in [3.8, 4) is 0 Å². The fourth-order valence-electron chi connectivity index (χ4n) is 2.53. The van der Waals surface area contributed by atoms with Gasteiger partial charge in [-0.05, 0) is 49.1 Å². The summed E-state index contributed by atoms with van der Waals surface area (Å²) in [5.74, 6) is -0.199. The highest BCUT2D eigenvalue weighted by atomic mass is 79.9. The third-order valence-electron chi connectivity index (χ3n) is 3.54. The van der Waals surface area contributed by atoms with E-state index in [-0.39, 0.29) is 6.42 Å². The summed E-state index contributed by atoms with van der Waals surface area (Å²) >= 11 is 9.64. The van der Waals surface area contributed by atoms with Gasteiger partial charge < -0.3 is 5.11 Å². The summed E-state index contributed by atoms with van der Waals surface area (Å²) in [5, 5.41) is 9.49. The number of carbonyl (C=O) groups is 1. The fraction of sp³-hybridized carbons (Fsp3) is 0.500. The van der Waals surface area contributed by atoms with Gasteiger partial charge in [0.1, 0.15) is 0 Å². The number of rotatable bonds is 5. The second-order valence-corrected chi connectivity index (χ2v) is 6.38. The lowest BCUT2D eigenvalue weighted by atomic mass is 10.0. The van der Waals surface area contributed by atoms with Gasteiger partial charge in [0.2, 0.25) is 0 Å². The highest BCUT2D eigenvalue weighted by Gasteiger charge is 2.23. The lowest BCUT2D eigenvalue weighted by Crippen LogP contribution is -2.20. The molecule has 0 spiro atoms. The van der Waals surface area contributed by atoms with Gasteiger partial charge in [-0.2, -0.15) is 0 Å². The van der Waals surface area contributed by atoms with Crippen LogP contribution in [-0.4, -0.2) is 29.1 Å². The van der Waals surface area contributed by atoms with Crippen LogP contribution in [0.15, 0.2) is 22.7 Å². The van der Waals surface area contributed by atoms with E-state index in [1.165, 1.54) is 0 Å². The predicted octanol–water partition coefficient (Wildman–Crippen LogP) is 3.79. The van der Waals surface area contributed by atoms with Crippen molar-refractivity contribution in [2.45, 2.75) is 25.8 Å².